The smallest absolute Gasteiger partial charge is 0.242 e. The van der Waals surface area contributed by atoms with Crippen molar-refractivity contribution in [3.05, 3.63) is 16.3 Å². The van der Waals surface area contributed by atoms with E-state index in [1.807, 2.05) is 13.2 Å². The van der Waals surface area contributed by atoms with Crippen molar-refractivity contribution in [2.45, 2.75) is 30.9 Å². The molecule has 1 atom stereocenters. The third-order valence-corrected chi connectivity index (χ3v) is 5.60. The van der Waals surface area contributed by atoms with Crippen LogP contribution in [0, 0.1) is 0 Å². The summed E-state index contributed by atoms with van der Waals surface area (Å²) in [6.07, 6.45) is 2.78. The highest BCUT2D eigenvalue weighted by atomic mass is 32.2. The van der Waals surface area contributed by atoms with E-state index in [2.05, 4.69) is 4.72 Å². The summed E-state index contributed by atoms with van der Waals surface area (Å²) in [6, 6.07) is 1.43. The maximum atomic E-state index is 12.0. The van der Waals surface area contributed by atoms with E-state index in [1.54, 1.807) is 17.1 Å². The van der Waals surface area contributed by atoms with Gasteiger partial charge >= 0.3 is 0 Å². The van der Waals surface area contributed by atoms with E-state index in [-0.39, 0.29) is 17.5 Å². The van der Waals surface area contributed by atoms with Crippen LogP contribution < -0.4 is 4.72 Å². The van der Waals surface area contributed by atoms with Gasteiger partial charge in [-0.3, -0.25) is 0 Å². The van der Waals surface area contributed by atoms with Gasteiger partial charge in [0.15, 0.2) is 0 Å². The maximum Gasteiger partial charge on any atom is 0.242 e. The molecule has 0 fully saturated rings. The molecule has 1 unspecified atom stereocenters. The zero-order valence-corrected chi connectivity index (χ0v) is 12.3. The van der Waals surface area contributed by atoms with Crippen molar-refractivity contribution in [2.75, 3.05) is 12.0 Å². The summed E-state index contributed by atoms with van der Waals surface area (Å²) < 4.78 is 26.7. The number of hydrogen-bond acceptors (Lipinski definition) is 5. The van der Waals surface area contributed by atoms with Gasteiger partial charge in [-0.05, 0) is 36.8 Å². The van der Waals surface area contributed by atoms with E-state index in [1.165, 1.54) is 17.4 Å². The Balaban J connectivity index is 2.75. The minimum absolute atomic E-state index is 0.0982. The summed E-state index contributed by atoms with van der Waals surface area (Å²) >= 11 is 2.94. The normalized spacial score (nSPS) is 13.8. The van der Waals surface area contributed by atoms with E-state index < -0.39 is 10.0 Å². The lowest BCUT2D eigenvalue weighted by Gasteiger charge is -2.13. The second kappa shape index (κ2) is 6.75. The summed E-state index contributed by atoms with van der Waals surface area (Å²) in [7, 11) is -3.50. The maximum absolute atomic E-state index is 12.0. The molecule has 0 saturated heterocycles. The number of rotatable bonds is 7. The predicted molar refractivity (Wildman–Crippen MR) is 73.0 cm³/mol. The lowest BCUT2D eigenvalue weighted by Crippen LogP contribution is -2.33. The second-order valence-corrected chi connectivity index (χ2v) is 7.34. The van der Waals surface area contributed by atoms with Crippen molar-refractivity contribution in [3.8, 4) is 0 Å². The predicted octanol–water partition coefficient (Wildman–Crippen LogP) is 1.66. The molecular weight excluding hydrogens is 278 g/mol. The molecule has 1 heterocycles. The molecule has 7 heteroatoms. The number of sulfonamides is 1. The zero-order chi connectivity index (χ0) is 12.9. The first-order valence-electron chi connectivity index (χ1n) is 5.19. The fraction of sp³-hybridized carbons (Fsp3) is 0.600. The molecule has 0 spiro atoms. The van der Waals surface area contributed by atoms with Crippen LogP contribution in [0.2, 0.25) is 0 Å². The molecule has 0 bridgehead atoms. The van der Waals surface area contributed by atoms with Gasteiger partial charge in [0, 0.05) is 10.9 Å². The SMILES string of the molecule is CSCCC(C)NS(=O)(=O)c1ccsc1CO. The zero-order valence-electron chi connectivity index (χ0n) is 9.84. The number of thiophene rings is 1. The van der Waals surface area contributed by atoms with E-state index in [4.69, 9.17) is 5.11 Å². The summed E-state index contributed by atoms with van der Waals surface area (Å²) in [5, 5.41) is 10.7. The van der Waals surface area contributed by atoms with Gasteiger partial charge in [-0.25, -0.2) is 13.1 Å². The number of nitrogens with one attached hydrogen (secondary N) is 1. The van der Waals surface area contributed by atoms with Gasteiger partial charge in [0.1, 0.15) is 0 Å². The fourth-order valence-corrected chi connectivity index (χ4v) is 4.53. The Morgan fingerprint density at radius 1 is 1.59 bits per heavy atom. The Morgan fingerprint density at radius 2 is 2.29 bits per heavy atom. The first-order valence-corrected chi connectivity index (χ1v) is 8.95. The molecule has 0 aliphatic rings. The summed E-state index contributed by atoms with van der Waals surface area (Å²) in [5.41, 5.74) is 0. The Morgan fingerprint density at radius 3 is 2.88 bits per heavy atom. The number of thioether (sulfide) groups is 1. The Labute approximate surface area is 110 Å². The molecule has 98 valence electrons. The average molecular weight is 295 g/mol. The van der Waals surface area contributed by atoms with Crippen LogP contribution in [0.1, 0.15) is 18.2 Å². The largest absolute Gasteiger partial charge is 0.391 e. The topological polar surface area (TPSA) is 66.4 Å². The van der Waals surface area contributed by atoms with E-state index in [0.717, 1.165) is 12.2 Å². The van der Waals surface area contributed by atoms with Crippen molar-refractivity contribution in [3.63, 3.8) is 0 Å². The van der Waals surface area contributed by atoms with Crippen molar-refractivity contribution >= 4 is 33.1 Å². The van der Waals surface area contributed by atoms with Gasteiger partial charge in [-0.15, -0.1) is 11.3 Å². The molecule has 17 heavy (non-hydrogen) atoms. The van der Waals surface area contributed by atoms with Gasteiger partial charge < -0.3 is 5.11 Å². The summed E-state index contributed by atoms with van der Waals surface area (Å²) in [4.78, 5) is 0.676. The lowest BCUT2D eigenvalue weighted by molar-refractivity contribution is 0.282. The van der Waals surface area contributed by atoms with Crippen LogP contribution in [-0.2, 0) is 16.6 Å². The monoisotopic (exact) mass is 295 g/mol. The summed E-state index contributed by atoms with van der Waals surface area (Å²) in [6.45, 7) is 1.60. The van der Waals surface area contributed by atoms with Crippen LogP contribution in [0.25, 0.3) is 0 Å². The Hall–Kier alpha value is -0.0800. The second-order valence-electron chi connectivity index (χ2n) is 3.67. The summed E-state index contributed by atoms with van der Waals surface area (Å²) in [5.74, 6) is 0.917. The van der Waals surface area contributed by atoms with Gasteiger partial charge in [-0.2, -0.15) is 11.8 Å². The number of hydrogen-bond donors (Lipinski definition) is 2. The Kier molecular flexibility index (Phi) is 5.94. The highest BCUT2D eigenvalue weighted by molar-refractivity contribution is 7.98. The molecule has 0 amide bonds. The first-order chi connectivity index (χ1) is 8.01. The molecule has 0 aromatic carbocycles. The fourth-order valence-electron chi connectivity index (χ4n) is 1.37. The quantitative estimate of drug-likeness (QED) is 0.803. The van der Waals surface area contributed by atoms with Crippen LogP contribution in [0.4, 0.5) is 0 Å². The highest BCUT2D eigenvalue weighted by Crippen LogP contribution is 2.22. The molecule has 1 aromatic heterocycles. The van der Waals surface area contributed by atoms with Crippen LogP contribution in [0.3, 0.4) is 0 Å². The molecule has 0 saturated carbocycles. The number of aliphatic hydroxyl groups excluding tert-OH is 1. The van der Waals surface area contributed by atoms with Crippen molar-refractivity contribution < 1.29 is 13.5 Å². The van der Waals surface area contributed by atoms with Crippen LogP contribution in [0.5, 0.6) is 0 Å². The van der Waals surface area contributed by atoms with E-state index in [9.17, 15) is 8.42 Å². The third-order valence-electron chi connectivity index (χ3n) is 2.25. The minimum Gasteiger partial charge on any atom is -0.391 e. The van der Waals surface area contributed by atoms with E-state index in [0.29, 0.717) is 4.88 Å². The van der Waals surface area contributed by atoms with Crippen LogP contribution in [0.15, 0.2) is 16.3 Å². The van der Waals surface area contributed by atoms with E-state index >= 15 is 0 Å². The third kappa shape index (κ3) is 4.26. The molecule has 0 aliphatic carbocycles. The molecule has 2 N–H and O–H groups in total. The first kappa shape index (κ1) is 15.0. The van der Waals surface area contributed by atoms with Crippen molar-refractivity contribution in [1.29, 1.82) is 0 Å². The van der Waals surface area contributed by atoms with Crippen molar-refractivity contribution in [1.82, 2.24) is 4.72 Å². The van der Waals surface area contributed by atoms with Gasteiger partial charge in [-0.1, -0.05) is 0 Å². The number of aliphatic hydroxyl groups is 1. The molecule has 1 aromatic rings. The highest BCUT2D eigenvalue weighted by Gasteiger charge is 2.21. The van der Waals surface area contributed by atoms with Crippen LogP contribution >= 0.6 is 23.1 Å². The molecule has 4 nitrogen and oxygen atoms in total. The van der Waals surface area contributed by atoms with Gasteiger partial charge in [0.05, 0.1) is 11.5 Å². The molecular formula is C10H17NO3S3. The Bertz CT molecular complexity index is 441. The average Bonchev–Trinajstić information content (AvgIpc) is 2.74. The van der Waals surface area contributed by atoms with Gasteiger partial charge in [0.2, 0.25) is 10.0 Å². The molecule has 0 aliphatic heterocycles. The molecule has 1 rings (SSSR count). The standard InChI is InChI=1S/C10H17NO3S3/c1-8(3-5-15-2)11-17(13,14)10-4-6-16-9(10)7-12/h4,6,8,11-12H,3,5,7H2,1-2H3. The lowest BCUT2D eigenvalue weighted by atomic mass is 10.3. The van der Waals surface area contributed by atoms with Crippen molar-refractivity contribution in [2.24, 2.45) is 0 Å². The minimum atomic E-state index is -3.50. The van der Waals surface area contributed by atoms with Crippen LogP contribution in [-0.4, -0.2) is 31.6 Å². The molecule has 0 radical (unpaired) electrons. The van der Waals surface area contributed by atoms with Gasteiger partial charge in [0.25, 0.3) is 0 Å².